The van der Waals surface area contributed by atoms with E-state index in [1.165, 1.54) is 76.2 Å². The summed E-state index contributed by atoms with van der Waals surface area (Å²) in [5.41, 5.74) is 22.6. The molecule has 12 atom stereocenters. The Morgan fingerprint density at radius 3 is 1.49 bits per heavy atom. The number of phenols is 2. The fourth-order valence-electron chi connectivity index (χ4n) is 9.38. The SMILES string of the molecule is CC(=O)N[C@@H](CC(C)C)C(=O)N[C@@H](Cc1ccc(O)cc1)C(=O)N[C@@H](CCCN=C(N)N)C(=O)N[C@@H](C)C(=O)N[C@@H](CC(N)=O)C(=O)N[C@@H](C)C(=O)N[C@@H](C)C(=O)N[C@@H](CO)C(=O)N1CCC[C@H]1C(=O)NCC(O)N[C@@H](Cc1ccc(O)cc1)C(=O)N[C@@H](CO)C(N)=O. The third-order valence-electron chi connectivity index (χ3n) is 14.3. The molecule has 0 saturated carbocycles. The minimum Gasteiger partial charge on any atom is -0.508 e. The van der Waals surface area contributed by atoms with E-state index in [1.54, 1.807) is 0 Å². The van der Waals surface area contributed by atoms with E-state index < -0.39 is 176 Å². The monoisotopic (exact) mass is 1310 g/mol. The van der Waals surface area contributed by atoms with Gasteiger partial charge in [0, 0.05) is 26.4 Å². The van der Waals surface area contributed by atoms with Crippen LogP contribution < -0.4 is 81.4 Å². The van der Waals surface area contributed by atoms with E-state index in [2.05, 4.69) is 63.5 Å². The van der Waals surface area contributed by atoms with Crippen molar-refractivity contribution < 1.29 is 87.9 Å². The van der Waals surface area contributed by atoms with Crippen molar-refractivity contribution in [2.45, 2.75) is 166 Å². The number of benzene rings is 2. The molecule has 13 amide bonds. The summed E-state index contributed by atoms with van der Waals surface area (Å²) >= 11 is 0. The van der Waals surface area contributed by atoms with Crippen molar-refractivity contribution in [1.29, 1.82) is 0 Å². The van der Waals surface area contributed by atoms with Gasteiger partial charge in [0.15, 0.2) is 5.96 Å². The largest absolute Gasteiger partial charge is 0.508 e. The number of likely N-dealkylation sites (tertiary alicyclic amines) is 1. The predicted molar refractivity (Wildman–Crippen MR) is 331 cm³/mol. The van der Waals surface area contributed by atoms with Crippen molar-refractivity contribution in [2.75, 3.05) is 32.8 Å². The lowest BCUT2D eigenvalue weighted by Gasteiger charge is -2.29. The molecule has 1 unspecified atom stereocenters. The fourth-order valence-corrected chi connectivity index (χ4v) is 9.38. The normalized spacial score (nSPS) is 16.2. The summed E-state index contributed by atoms with van der Waals surface area (Å²) in [7, 11) is 0. The van der Waals surface area contributed by atoms with Crippen LogP contribution in [0, 0.1) is 5.92 Å². The Morgan fingerprint density at radius 2 is 1.00 bits per heavy atom. The molecule has 1 aliphatic rings. The number of amides is 13. The first-order valence-corrected chi connectivity index (χ1v) is 29.9. The zero-order valence-corrected chi connectivity index (χ0v) is 52.6. The Balaban J connectivity index is 1.66. The minimum atomic E-state index is -1.76. The van der Waals surface area contributed by atoms with Crippen LogP contribution in [0.25, 0.3) is 0 Å². The number of hydrogen-bond acceptors (Lipinski definition) is 20. The molecule has 0 aromatic heterocycles. The quantitative estimate of drug-likeness (QED) is 0.0128. The van der Waals surface area contributed by atoms with Crippen LogP contribution in [-0.4, -0.2) is 219 Å². The van der Waals surface area contributed by atoms with Gasteiger partial charge >= 0.3 is 0 Å². The maximum absolute atomic E-state index is 14.1. The molecule has 2 aromatic carbocycles. The average molecular weight is 1310 g/mol. The molecule has 0 radical (unpaired) electrons. The molecule has 0 spiro atoms. The number of aliphatic hydroxyl groups excluding tert-OH is 3. The van der Waals surface area contributed by atoms with E-state index in [0.29, 0.717) is 17.5 Å². The summed E-state index contributed by atoms with van der Waals surface area (Å²) in [4.78, 5) is 177. The highest BCUT2D eigenvalue weighted by Gasteiger charge is 2.39. The van der Waals surface area contributed by atoms with Crippen molar-refractivity contribution in [3.05, 3.63) is 59.7 Å². The number of guanidine groups is 1. The zero-order chi connectivity index (χ0) is 69.8. The zero-order valence-electron chi connectivity index (χ0n) is 52.6. The number of nitrogens with two attached hydrogens (primary N) is 4. The smallest absolute Gasteiger partial charge is 0.248 e. The van der Waals surface area contributed by atoms with Crippen LogP contribution in [0.15, 0.2) is 53.5 Å². The van der Waals surface area contributed by atoms with Gasteiger partial charge in [0.25, 0.3) is 0 Å². The van der Waals surface area contributed by atoms with E-state index in [0.717, 1.165) is 4.90 Å². The topological polar surface area (TPSA) is 575 Å². The van der Waals surface area contributed by atoms with Crippen LogP contribution >= 0.6 is 0 Å². The molecular formula is C58H89N17O18. The van der Waals surface area contributed by atoms with Crippen LogP contribution in [0.5, 0.6) is 11.5 Å². The molecule has 1 fully saturated rings. The molecule has 24 N–H and O–H groups in total. The second-order valence-electron chi connectivity index (χ2n) is 22.7. The number of aromatic hydroxyl groups is 2. The maximum atomic E-state index is 14.1. The second-order valence-corrected chi connectivity index (χ2v) is 22.7. The Bertz CT molecular complexity index is 2970. The van der Waals surface area contributed by atoms with Gasteiger partial charge in [0.1, 0.15) is 78.1 Å². The maximum Gasteiger partial charge on any atom is 0.248 e. The van der Waals surface area contributed by atoms with Gasteiger partial charge < -0.3 is 107 Å². The molecule has 35 nitrogen and oxygen atoms in total. The number of aliphatic imine (C=N–C) groups is 1. The summed E-state index contributed by atoms with van der Waals surface area (Å²) < 4.78 is 0. The first-order valence-electron chi connectivity index (χ1n) is 29.9. The van der Waals surface area contributed by atoms with Gasteiger partial charge in [-0.3, -0.25) is 72.6 Å². The summed E-state index contributed by atoms with van der Waals surface area (Å²) in [5.74, 6) is -12.3. The number of rotatable bonds is 38. The highest BCUT2D eigenvalue weighted by atomic mass is 16.3. The van der Waals surface area contributed by atoms with Gasteiger partial charge in [0.2, 0.25) is 76.8 Å². The molecule has 1 aliphatic heterocycles. The van der Waals surface area contributed by atoms with Gasteiger partial charge in [-0.2, -0.15) is 0 Å². The van der Waals surface area contributed by atoms with Crippen molar-refractivity contribution in [3.8, 4) is 11.5 Å². The fraction of sp³-hybridized carbons (Fsp3) is 0.552. The summed E-state index contributed by atoms with van der Waals surface area (Å²) in [6.07, 6.45) is -2.12. The summed E-state index contributed by atoms with van der Waals surface area (Å²) in [6.45, 7) is 6.13. The molecule has 0 bridgehead atoms. The lowest BCUT2D eigenvalue weighted by atomic mass is 10.0. The van der Waals surface area contributed by atoms with Crippen LogP contribution in [0.1, 0.15) is 91.2 Å². The van der Waals surface area contributed by atoms with Gasteiger partial charge in [0.05, 0.1) is 32.2 Å². The number of phenolic OH excluding ortho intramolecular Hbond substituents is 2. The molecule has 0 aliphatic carbocycles. The number of primary amides is 2. The third kappa shape index (κ3) is 26.9. The Morgan fingerprint density at radius 1 is 0.559 bits per heavy atom. The van der Waals surface area contributed by atoms with E-state index in [9.17, 15) is 87.9 Å². The Hall–Kier alpha value is -9.74. The third-order valence-corrected chi connectivity index (χ3v) is 14.3. The first-order chi connectivity index (χ1) is 43.7. The molecule has 1 heterocycles. The molecule has 1 saturated heterocycles. The summed E-state index contributed by atoms with van der Waals surface area (Å²) in [6, 6.07) is -4.21. The second kappa shape index (κ2) is 38.2. The highest BCUT2D eigenvalue weighted by molar-refractivity contribution is 5.99. The number of carbonyl (C=O) groups is 13. The van der Waals surface area contributed by atoms with E-state index >= 15 is 0 Å². The highest BCUT2D eigenvalue weighted by Crippen LogP contribution is 2.20. The number of carbonyl (C=O) groups excluding carboxylic acids is 13. The van der Waals surface area contributed by atoms with E-state index in [4.69, 9.17) is 22.9 Å². The number of nitrogens with one attached hydrogen (secondary N) is 11. The predicted octanol–water partition coefficient (Wildman–Crippen LogP) is -7.85. The van der Waals surface area contributed by atoms with Crippen molar-refractivity contribution in [1.82, 2.24) is 63.4 Å². The van der Waals surface area contributed by atoms with Crippen LogP contribution in [-0.2, 0) is 75.2 Å². The Kier molecular flexibility index (Phi) is 31.8. The number of hydrogen-bond donors (Lipinski definition) is 20. The standard InChI is InChI=1S/C58H89N17O18/c1-28(2)21-38(68-32(6)78)53(89)72-40(23-34-13-17-36(80)18-14-34)55(91)70-37(9-7-19-63-58(61)62)51(87)66-31(5)49(85)71-41(24-45(59)81)52(88)67-29(3)48(84)65-30(4)50(86)74-43(27-77)57(93)75-20-8-10-44(75)56(92)64-25-46(82)69-39(22-33-11-15-35(79)16-12-33)54(90)73-42(26-76)47(60)83/h11-18,28-31,37-44,46,69,76-77,79-80,82H,7-10,19-27H2,1-6H3,(H2,59,81)(H2,60,83)(H,64,92)(H,65,84)(H,66,87)(H,67,88)(H,68,78)(H,70,91)(H,71,85)(H,72,89)(H,73,90)(H,74,86)(H4,61,62,63)/t29-,30-,31-,37-,38-,39-,40-,41-,42-,43-,44-,46?/m0/s1. The van der Waals surface area contributed by atoms with Crippen molar-refractivity contribution in [2.24, 2.45) is 33.8 Å². The van der Waals surface area contributed by atoms with Gasteiger partial charge in [-0.05, 0) is 101 Å². The van der Waals surface area contributed by atoms with E-state index in [1.807, 2.05) is 13.8 Å². The molecule has 2 aromatic rings. The average Bonchev–Trinajstić information content (AvgIpc) is 1.82. The Labute approximate surface area is 535 Å². The summed E-state index contributed by atoms with van der Waals surface area (Å²) in [5, 5.41) is 77.1. The molecule has 93 heavy (non-hydrogen) atoms. The van der Waals surface area contributed by atoms with Crippen molar-refractivity contribution in [3.63, 3.8) is 0 Å². The van der Waals surface area contributed by atoms with Gasteiger partial charge in [-0.25, -0.2) is 0 Å². The lowest BCUT2D eigenvalue weighted by Crippen LogP contribution is -2.60. The van der Waals surface area contributed by atoms with Gasteiger partial charge in [-0.1, -0.05) is 38.1 Å². The number of nitrogens with zero attached hydrogens (tertiary/aromatic N) is 2. The number of aliphatic hydroxyl groups is 3. The first kappa shape index (κ1) is 77.5. The van der Waals surface area contributed by atoms with Crippen LogP contribution in [0.3, 0.4) is 0 Å². The van der Waals surface area contributed by atoms with Crippen LogP contribution in [0.2, 0.25) is 0 Å². The molecular weight excluding hydrogens is 1220 g/mol. The van der Waals surface area contributed by atoms with Crippen LogP contribution in [0.4, 0.5) is 0 Å². The lowest BCUT2D eigenvalue weighted by molar-refractivity contribution is -0.142. The minimum absolute atomic E-state index is 0.000347. The molecule has 514 valence electrons. The molecule has 35 heteroatoms. The van der Waals surface area contributed by atoms with Crippen molar-refractivity contribution >= 4 is 82.8 Å². The van der Waals surface area contributed by atoms with E-state index in [-0.39, 0.29) is 75.0 Å². The molecule has 3 rings (SSSR count). The van der Waals surface area contributed by atoms with Gasteiger partial charge in [-0.15, -0.1) is 0 Å².